The van der Waals surface area contributed by atoms with E-state index in [9.17, 15) is 4.79 Å². The van der Waals surface area contributed by atoms with Crippen molar-refractivity contribution in [3.05, 3.63) is 106 Å². The van der Waals surface area contributed by atoms with Gasteiger partial charge in [-0.15, -0.1) is 0 Å². The normalized spacial score (nSPS) is 14.6. The predicted octanol–water partition coefficient (Wildman–Crippen LogP) is 6.06. The van der Waals surface area contributed by atoms with E-state index in [2.05, 4.69) is 35.2 Å². The smallest absolute Gasteiger partial charge is 0.200 e. The maximum Gasteiger partial charge on any atom is 0.200 e. The topological polar surface area (TPSA) is 42.7 Å². The molecule has 1 aliphatic rings. The molecule has 1 saturated heterocycles. The molecule has 0 spiro atoms. The van der Waals surface area contributed by atoms with Crippen molar-refractivity contribution in [3.63, 3.8) is 0 Å². The Morgan fingerprint density at radius 1 is 0.938 bits per heavy atom. The Hall–Kier alpha value is -3.53. The Balaban J connectivity index is 1.37. The van der Waals surface area contributed by atoms with Crippen LogP contribution in [-0.2, 0) is 6.61 Å². The van der Waals surface area contributed by atoms with Gasteiger partial charge < -0.3 is 14.1 Å². The van der Waals surface area contributed by atoms with Gasteiger partial charge in [0, 0.05) is 24.7 Å². The van der Waals surface area contributed by atoms with Crippen LogP contribution in [0.25, 0.3) is 11.0 Å². The van der Waals surface area contributed by atoms with Crippen molar-refractivity contribution in [2.45, 2.75) is 32.3 Å². The Morgan fingerprint density at radius 3 is 2.34 bits per heavy atom. The summed E-state index contributed by atoms with van der Waals surface area (Å²) in [5, 5.41) is 0.595. The first-order valence-electron chi connectivity index (χ1n) is 11.2. The number of fused-ring (bicyclic) bond motifs is 1. The van der Waals surface area contributed by atoms with Gasteiger partial charge in [-0.1, -0.05) is 60.7 Å². The zero-order valence-electron chi connectivity index (χ0n) is 18.3. The second-order valence-electron chi connectivity index (χ2n) is 8.46. The lowest BCUT2D eigenvalue weighted by atomic mass is 9.89. The summed E-state index contributed by atoms with van der Waals surface area (Å²) >= 11 is 0. The molecule has 0 radical (unpaired) electrons. The van der Waals surface area contributed by atoms with Crippen molar-refractivity contribution in [3.8, 4) is 5.75 Å². The molecule has 4 nitrogen and oxygen atoms in total. The van der Waals surface area contributed by atoms with Crippen molar-refractivity contribution in [1.29, 1.82) is 0 Å². The summed E-state index contributed by atoms with van der Waals surface area (Å²) in [7, 11) is 0. The van der Waals surface area contributed by atoms with Crippen molar-refractivity contribution in [2.24, 2.45) is 0 Å². The lowest BCUT2D eigenvalue weighted by Crippen LogP contribution is -2.33. The molecule has 4 aromatic rings. The Labute approximate surface area is 188 Å². The molecule has 3 aromatic carbocycles. The van der Waals surface area contributed by atoms with E-state index in [4.69, 9.17) is 9.15 Å². The van der Waals surface area contributed by atoms with Gasteiger partial charge in [-0.2, -0.15) is 0 Å². The summed E-state index contributed by atoms with van der Waals surface area (Å²) in [6.07, 6.45) is 2.09. The van der Waals surface area contributed by atoms with E-state index in [1.54, 1.807) is 12.1 Å². The Morgan fingerprint density at radius 2 is 1.62 bits per heavy atom. The fourth-order valence-electron chi connectivity index (χ4n) is 4.53. The van der Waals surface area contributed by atoms with Crippen LogP contribution in [0.3, 0.4) is 0 Å². The molecular weight excluding hydrogens is 398 g/mol. The van der Waals surface area contributed by atoms with Crippen molar-refractivity contribution in [2.75, 3.05) is 18.0 Å². The molecule has 0 N–H and O–H groups in total. The number of ether oxygens (including phenoxy) is 1. The lowest BCUT2D eigenvalue weighted by Gasteiger charge is -2.32. The van der Waals surface area contributed by atoms with Gasteiger partial charge in [0.05, 0.1) is 5.39 Å². The summed E-state index contributed by atoms with van der Waals surface area (Å²) in [6.45, 7) is 4.18. The van der Waals surface area contributed by atoms with E-state index in [1.807, 2.05) is 43.3 Å². The molecule has 0 bridgehead atoms. The highest BCUT2D eigenvalue weighted by Gasteiger charge is 2.23. The molecular formula is C28H27NO3. The van der Waals surface area contributed by atoms with Crippen LogP contribution in [0.4, 0.5) is 5.88 Å². The molecule has 2 heterocycles. The number of hydrogen-bond acceptors (Lipinski definition) is 4. The van der Waals surface area contributed by atoms with Crippen LogP contribution in [0.5, 0.6) is 5.75 Å². The van der Waals surface area contributed by atoms with Crippen LogP contribution < -0.4 is 15.1 Å². The maximum atomic E-state index is 12.8. The van der Waals surface area contributed by atoms with E-state index in [-0.39, 0.29) is 5.43 Å². The van der Waals surface area contributed by atoms with Crippen LogP contribution >= 0.6 is 0 Å². The summed E-state index contributed by atoms with van der Waals surface area (Å²) in [4.78, 5) is 15.0. The summed E-state index contributed by atoms with van der Waals surface area (Å²) < 4.78 is 12.3. The van der Waals surface area contributed by atoms with Crippen LogP contribution in [-0.4, -0.2) is 13.1 Å². The number of aryl methyl sites for hydroxylation is 1. The fourth-order valence-corrected chi connectivity index (χ4v) is 4.53. The first-order chi connectivity index (χ1) is 15.7. The average Bonchev–Trinajstić information content (AvgIpc) is 2.85. The van der Waals surface area contributed by atoms with Gasteiger partial charge in [-0.05, 0) is 48.9 Å². The Kier molecular flexibility index (Phi) is 5.68. The van der Waals surface area contributed by atoms with Crippen LogP contribution in [0.1, 0.15) is 35.4 Å². The molecule has 0 saturated carbocycles. The third kappa shape index (κ3) is 4.13. The van der Waals surface area contributed by atoms with E-state index in [0.29, 0.717) is 29.4 Å². The lowest BCUT2D eigenvalue weighted by molar-refractivity contribution is 0.304. The average molecular weight is 426 g/mol. The summed E-state index contributed by atoms with van der Waals surface area (Å²) in [5.74, 6) is 1.95. The summed E-state index contributed by atoms with van der Waals surface area (Å²) in [5.41, 5.74) is 3.95. The van der Waals surface area contributed by atoms with Gasteiger partial charge in [0.2, 0.25) is 0 Å². The van der Waals surface area contributed by atoms with E-state index < -0.39 is 0 Å². The van der Waals surface area contributed by atoms with Gasteiger partial charge in [0.25, 0.3) is 0 Å². The number of anilines is 1. The van der Waals surface area contributed by atoms with Gasteiger partial charge in [-0.25, -0.2) is 0 Å². The first kappa shape index (κ1) is 20.4. The van der Waals surface area contributed by atoms with E-state index >= 15 is 0 Å². The van der Waals surface area contributed by atoms with E-state index in [1.165, 1.54) is 5.56 Å². The molecule has 0 atom stereocenters. The minimum absolute atomic E-state index is 0.0101. The first-order valence-corrected chi connectivity index (χ1v) is 11.2. The molecule has 0 aliphatic carbocycles. The van der Waals surface area contributed by atoms with Crippen molar-refractivity contribution < 1.29 is 9.15 Å². The molecule has 1 fully saturated rings. The van der Waals surface area contributed by atoms with Gasteiger partial charge in [0.15, 0.2) is 11.3 Å². The molecule has 0 unspecified atom stereocenters. The predicted molar refractivity (Wildman–Crippen MR) is 129 cm³/mol. The van der Waals surface area contributed by atoms with Crippen LogP contribution in [0.15, 0.2) is 88.1 Å². The molecule has 5 rings (SSSR count). The van der Waals surface area contributed by atoms with Crippen molar-refractivity contribution in [1.82, 2.24) is 0 Å². The number of nitrogens with zero attached hydrogens (tertiary/aromatic N) is 1. The second-order valence-corrected chi connectivity index (χ2v) is 8.46. The highest BCUT2D eigenvalue weighted by Crippen LogP contribution is 2.33. The zero-order chi connectivity index (χ0) is 21.9. The number of piperidine rings is 1. The third-order valence-corrected chi connectivity index (χ3v) is 6.40. The SMILES string of the molecule is Cc1c(OCc2ccccc2)ccc2c(=O)cc(N3CCC(c4ccccc4)CC3)oc12. The van der Waals surface area contributed by atoms with Gasteiger partial charge in [-0.3, -0.25) is 4.79 Å². The largest absolute Gasteiger partial charge is 0.488 e. The highest BCUT2D eigenvalue weighted by atomic mass is 16.5. The standard InChI is InChI=1S/C28H27NO3/c1-20-26(31-19-21-8-4-2-5-9-21)13-12-24-25(30)18-27(32-28(20)24)29-16-14-23(15-17-29)22-10-6-3-7-11-22/h2-13,18,23H,14-17,19H2,1H3. The quantitative estimate of drug-likeness (QED) is 0.390. The highest BCUT2D eigenvalue weighted by molar-refractivity contribution is 5.83. The third-order valence-electron chi connectivity index (χ3n) is 6.40. The minimum Gasteiger partial charge on any atom is -0.488 e. The number of benzene rings is 3. The monoisotopic (exact) mass is 425 g/mol. The zero-order valence-corrected chi connectivity index (χ0v) is 18.3. The fraction of sp³-hybridized carbons (Fsp3) is 0.250. The number of hydrogen-bond donors (Lipinski definition) is 0. The molecule has 0 amide bonds. The van der Waals surface area contributed by atoms with Crippen LogP contribution in [0.2, 0.25) is 0 Å². The van der Waals surface area contributed by atoms with Crippen molar-refractivity contribution >= 4 is 16.9 Å². The molecule has 4 heteroatoms. The Bertz CT molecular complexity index is 1260. The van der Waals surface area contributed by atoms with E-state index in [0.717, 1.165) is 42.8 Å². The number of rotatable bonds is 5. The maximum absolute atomic E-state index is 12.8. The summed E-state index contributed by atoms with van der Waals surface area (Å²) in [6, 6.07) is 26.0. The minimum atomic E-state index is -0.0101. The molecule has 162 valence electrons. The molecule has 1 aliphatic heterocycles. The van der Waals surface area contributed by atoms with Gasteiger partial charge in [0.1, 0.15) is 17.9 Å². The second kappa shape index (κ2) is 8.91. The molecule has 1 aromatic heterocycles. The van der Waals surface area contributed by atoms with Gasteiger partial charge >= 0.3 is 0 Å². The van der Waals surface area contributed by atoms with Crippen LogP contribution in [0, 0.1) is 6.92 Å². The molecule has 32 heavy (non-hydrogen) atoms.